The van der Waals surface area contributed by atoms with Crippen molar-refractivity contribution in [3.05, 3.63) is 29.0 Å². The van der Waals surface area contributed by atoms with Crippen LogP contribution in [0.4, 0.5) is 0 Å². The van der Waals surface area contributed by atoms with Gasteiger partial charge in [0.05, 0.1) is 5.56 Å². The van der Waals surface area contributed by atoms with Gasteiger partial charge in [0.15, 0.2) is 0 Å². The predicted molar refractivity (Wildman–Crippen MR) is 65.7 cm³/mol. The zero-order valence-electron chi connectivity index (χ0n) is 9.90. The van der Waals surface area contributed by atoms with E-state index in [9.17, 15) is 4.79 Å². The van der Waals surface area contributed by atoms with E-state index in [1.165, 1.54) is 6.20 Å². The van der Waals surface area contributed by atoms with Gasteiger partial charge in [-0.1, -0.05) is 31.9 Å². The van der Waals surface area contributed by atoms with Gasteiger partial charge in [0.1, 0.15) is 5.15 Å². The summed E-state index contributed by atoms with van der Waals surface area (Å²) in [5.74, 6) is 0.499. The maximum Gasteiger partial charge on any atom is 0.255 e. The number of rotatable bonds is 4. The second-order valence-corrected chi connectivity index (χ2v) is 4.46. The number of carbonyl (C=O) groups excluding carboxylic acids is 1. The molecule has 0 aliphatic carbocycles. The lowest BCUT2D eigenvalue weighted by Crippen LogP contribution is -2.30. The summed E-state index contributed by atoms with van der Waals surface area (Å²) in [7, 11) is 1.81. The van der Waals surface area contributed by atoms with Crippen molar-refractivity contribution in [2.45, 2.75) is 20.3 Å². The highest BCUT2D eigenvalue weighted by atomic mass is 35.5. The Hall–Kier alpha value is -1.09. The lowest BCUT2D eigenvalue weighted by atomic mass is 10.1. The molecule has 0 fully saturated rings. The van der Waals surface area contributed by atoms with Crippen LogP contribution in [-0.2, 0) is 0 Å². The molecule has 0 radical (unpaired) electrons. The van der Waals surface area contributed by atoms with Crippen LogP contribution in [0.15, 0.2) is 18.3 Å². The van der Waals surface area contributed by atoms with Gasteiger partial charge in [-0.15, -0.1) is 0 Å². The first-order valence-corrected chi connectivity index (χ1v) is 5.79. The van der Waals surface area contributed by atoms with Gasteiger partial charge in [-0.25, -0.2) is 4.98 Å². The molecule has 1 rings (SSSR count). The normalized spacial score (nSPS) is 12.2. The Morgan fingerprint density at radius 2 is 2.25 bits per heavy atom. The van der Waals surface area contributed by atoms with Gasteiger partial charge in [0.2, 0.25) is 0 Å². The van der Waals surface area contributed by atoms with E-state index in [4.69, 9.17) is 11.6 Å². The monoisotopic (exact) mass is 240 g/mol. The zero-order chi connectivity index (χ0) is 12.1. The summed E-state index contributed by atoms with van der Waals surface area (Å²) in [5, 5.41) is 0.404. The molecule has 0 saturated carbocycles. The summed E-state index contributed by atoms with van der Waals surface area (Å²) in [6, 6.07) is 3.33. The number of hydrogen-bond acceptors (Lipinski definition) is 2. The quantitative estimate of drug-likeness (QED) is 0.759. The lowest BCUT2D eigenvalue weighted by molar-refractivity contribution is 0.0774. The molecule has 4 heteroatoms. The highest BCUT2D eigenvalue weighted by molar-refractivity contribution is 6.29. The van der Waals surface area contributed by atoms with Crippen molar-refractivity contribution in [1.82, 2.24) is 9.88 Å². The molecular formula is C12H17ClN2O. The van der Waals surface area contributed by atoms with E-state index in [0.717, 1.165) is 13.0 Å². The summed E-state index contributed by atoms with van der Waals surface area (Å²) in [4.78, 5) is 17.6. The minimum atomic E-state index is -0.00975. The van der Waals surface area contributed by atoms with Crippen LogP contribution in [-0.4, -0.2) is 29.4 Å². The van der Waals surface area contributed by atoms with Crippen molar-refractivity contribution < 1.29 is 4.79 Å². The van der Waals surface area contributed by atoms with Gasteiger partial charge in [-0.2, -0.15) is 0 Å². The number of halogens is 1. The molecule has 0 aromatic carbocycles. The predicted octanol–water partition coefficient (Wildman–Crippen LogP) is 2.85. The van der Waals surface area contributed by atoms with Crippen LogP contribution in [0.3, 0.4) is 0 Å². The van der Waals surface area contributed by atoms with Crippen LogP contribution in [0.5, 0.6) is 0 Å². The van der Waals surface area contributed by atoms with Crippen molar-refractivity contribution in [2.24, 2.45) is 5.92 Å². The average Bonchev–Trinajstić information content (AvgIpc) is 2.28. The SMILES string of the molecule is CCC(C)CN(C)C(=O)c1ccc(Cl)nc1. The highest BCUT2D eigenvalue weighted by Crippen LogP contribution is 2.09. The van der Waals surface area contributed by atoms with Gasteiger partial charge < -0.3 is 4.90 Å². The number of amides is 1. The molecule has 0 aliphatic heterocycles. The molecule has 0 aliphatic rings. The minimum absolute atomic E-state index is 0.00975. The summed E-state index contributed by atoms with van der Waals surface area (Å²) in [6.45, 7) is 5.01. The Morgan fingerprint density at radius 3 is 2.75 bits per heavy atom. The average molecular weight is 241 g/mol. The highest BCUT2D eigenvalue weighted by Gasteiger charge is 2.13. The van der Waals surface area contributed by atoms with Gasteiger partial charge in [0, 0.05) is 19.8 Å². The third-order valence-corrected chi connectivity index (χ3v) is 2.83. The lowest BCUT2D eigenvalue weighted by Gasteiger charge is -2.20. The van der Waals surface area contributed by atoms with Gasteiger partial charge in [-0.3, -0.25) is 4.79 Å². The maximum atomic E-state index is 12.0. The fourth-order valence-electron chi connectivity index (χ4n) is 1.40. The Balaban J connectivity index is 2.67. The molecule has 1 unspecified atom stereocenters. The largest absolute Gasteiger partial charge is 0.341 e. The topological polar surface area (TPSA) is 33.2 Å². The van der Waals surface area contributed by atoms with E-state index in [0.29, 0.717) is 16.6 Å². The minimum Gasteiger partial charge on any atom is -0.341 e. The molecule has 0 spiro atoms. The fourth-order valence-corrected chi connectivity index (χ4v) is 1.51. The molecule has 0 saturated heterocycles. The van der Waals surface area contributed by atoms with Crippen LogP contribution < -0.4 is 0 Å². The number of nitrogens with zero attached hydrogens (tertiary/aromatic N) is 2. The maximum absolute atomic E-state index is 12.0. The molecule has 88 valence electrons. The van der Waals surface area contributed by atoms with Crippen molar-refractivity contribution in [2.75, 3.05) is 13.6 Å². The van der Waals surface area contributed by atoms with E-state index < -0.39 is 0 Å². The molecule has 3 nitrogen and oxygen atoms in total. The van der Waals surface area contributed by atoms with Crippen molar-refractivity contribution in [1.29, 1.82) is 0 Å². The Kier molecular flexibility index (Phi) is 4.74. The summed E-state index contributed by atoms with van der Waals surface area (Å²) in [6.07, 6.45) is 2.58. The molecule has 1 heterocycles. The second kappa shape index (κ2) is 5.85. The summed E-state index contributed by atoms with van der Waals surface area (Å²) in [5.41, 5.74) is 0.579. The van der Waals surface area contributed by atoms with Crippen LogP contribution in [0.25, 0.3) is 0 Å². The van der Waals surface area contributed by atoms with Crippen molar-refractivity contribution in [3.63, 3.8) is 0 Å². The number of pyridine rings is 1. The first kappa shape index (κ1) is 13.0. The van der Waals surface area contributed by atoms with E-state index in [-0.39, 0.29) is 5.91 Å². The molecule has 16 heavy (non-hydrogen) atoms. The smallest absolute Gasteiger partial charge is 0.255 e. The zero-order valence-corrected chi connectivity index (χ0v) is 10.7. The van der Waals surface area contributed by atoms with E-state index in [2.05, 4.69) is 18.8 Å². The Labute approximate surface area is 101 Å². The standard InChI is InChI=1S/C12H17ClN2O/c1-4-9(2)8-15(3)12(16)10-5-6-11(13)14-7-10/h5-7,9H,4,8H2,1-3H3. The molecule has 1 aromatic heterocycles. The van der Waals surface area contributed by atoms with Crippen LogP contribution in [0.2, 0.25) is 5.15 Å². The molecule has 0 N–H and O–H groups in total. The summed E-state index contributed by atoms with van der Waals surface area (Å²) < 4.78 is 0. The molecule has 1 atom stereocenters. The van der Waals surface area contributed by atoms with Gasteiger partial charge in [0.25, 0.3) is 5.91 Å². The van der Waals surface area contributed by atoms with Crippen molar-refractivity contribution in [3.8, 4) is 0 Å². The number of aromatic nitrogens is 1. The van der Waals surface area contributed by atoms with E-state index >= 15 is 0 Å². The summed E-state index contributed by atoms with van der Waals surface area (Å²) >= 11 is 5.67. The fraction of sp³-hybridized carbons (Fsp3) is 0.500. The third-order valence-electron chi connectivity index (χ3n) is 2.60. The van der Waals surface area contributed by atoms with Gasteiger partial charge in [-0.05, 0) is 18.1 Å². The Morgan fingerprint density at radius 1 is 1.56 bits per heavy atom. The molecule has 1 amide bonds. The molecule has 1 aromatic rings. The van der Waals surface area contributed by atoms with Gasteiger partial charge >= 0.3 is 0 Å². The number of hydrogen-bond donors (Lipinski definition) is 0. The van der Waals surface area contributed by atoms with Crippen LogP contribution in [0, 0.1) is 5.92 Å². The van der Waals surface area contributed by atoms with Crippen LogP contribution >= 0.6 is 11.6 Å². The molecule has 0 bridgehead atoms. The first-order chi connectivity index (χ1) is 7.54. The van der Waals surface area contributed by atoms with Crippen molar-refractivity contribution >= 4 is 17.5 Å². The number of carbonyl (C=O) groups is 1. The van der Waals surface area contributed by atoms with Crippen LogP contribution in [0.1, 0.15) is 30.6 Å². The van der Waals surface area contributed by atoms with E-state index in [1.54, 1.807) is 17.0 Å². The van der Waals surface area contributed by atoms with E-state index in [1.807, 2.05) is 7.05 Å². The first-order valence-electron chi connectivity index (χ1n) is 5.41. The second-order valence-electron chi connectivity index (χ2n) is 4.07. The Bertz CT molecular complexity index is 351. The molecular weight excluding hydrogens is 224 g/mol. The third kappa shape index (κ3) is 3.49.